The van der Waals surface area contributed by atoms with Crippen molar-refractivity contribution >= 4 is 43.9 Å². The summed E-state index contributed by atoms with van der Waals surface area (Å²) in [4.78, 5) is 20.4. The van der Waals surface area contributed by atoms with Gasteiger partial charge in [0.25, 0.3) is 10.0 Å². The minimum absolute atomic E-state index is 0.107. The minimum Gasteiger partial charge on any atom is -0.372 e. The van der Waals surface area contributed by atoms with Gasteiger partial charge in [0, 0.05) is 31.5 Å². The van der Waals surface area contributed by atoms with Gasteiger partial charge >= 0.3 is 6.03 Å². The number of rotatable bonds is 5. The summed E-state index contributed by atoms with van der Waals surface area (Å²) in [6.07, 6.45) is 3.70. The fourth-order valence-electron chi connectivity index (χ4n) is 3.06. The molecule has 152 valence electrons. The van der Waals surface area contributed by atoms with Crippen LogP contribution < -0.4 is 19.8 Å². The summed E-state index contributed by atoms with van der Waals surface area (Å²) in [5.74, 6) is 0. The molecule has 0 saturated carbocycles. The number of carbonyl (C=O) groups is 1. The number of thiazole rings is 1. The molecule has 0 spiro atoms. The molecule has 1 aromatic heterocycles. The third-order valence-electron chi connectivity index (χ3n) is 4.69. The van der Waals surface area contributed by atoms with Gasteiger partial charge in [-0.25, -0.2) is 22.9 Å². The number of sulfonamides is 1. The van der Waals surface area contributed by atoms with Gasteiger partial charge in [0.15, 0.2) is 9.34 Å². The Morgan fingerprint density at radius 1 is 1.18 bits per heavy atom. The highest BCUT2D eigenvalue weighted by Crippen LogP contribution is 2.29. The number of nitrogens with zero attached hydrogens (tertiary/aromatic N) is 3. The molecule has 3 rings (SSSR count). The molecular weight excluding hydrogens is 398 g/mol. The van der Waals surface area contributed by atoms with Gasteiger partial charge in [0.1, 0.15) is 0 Å². The topological polar surface area (TPSA) is 94.6 Å². The van der Waals surface area contributed by atoms with Crippen LogP contribution in [0.1, 0.15) is 25.0 Å². The van der Waals surface area contributed by atoms with Gasteiger partial charge in [-0.3, -0.25) is 4.90 Å². The summed E-state index contributed by atoms with van der Waals surface area (Å²) in [7, 11) is -0.692. The van der Waals surface area contributed by atoms with Crippen molar-refractivity contribution in [2.45, 2.75) is 30.4 Å². The van der Waals surface area contributed by atoms with Crippen LogP contribution in [0.15, 0.2) is 28.5 Å². The fourth-order valence-corrected chi connectivity index (χ4v) is 5.35. The predicted molar refractivity (Wildman–Crippen MR) is 113 cm³/mol. The molecule has 1 saturated heterocycles. The number of hydrogen-bond donors (Lipinski definition) is 2. The molecule has 0 atom stereocenters. The largest absolute Gasteiger partial charge is 0.372 e. The van der Waals surface area contributed by atoms with Crippen LogP contribution in [0.5, 0.6) is 0 Å². The molecular formula is C18H25N5O3S2. The summed E-state index contributed by atoms with van der Waals surface area (Å²) in [6.45, 7) is 3.74. The Kier molecular flexibility index (Phi) is 6.21. The number of nitrogens with one attached hydrogen (secondary N) is 2. The second-order valence-corrected chi connectivity index (χ2v) is 9.72. The summed E-state index contributed by atoms with van der Waals surface area (Å²) >= 11 is 0.956. The van der Waals surface area contributed by atoms with Gasteiger partial charge < -0.3 is 10.2 Å². The maximum absolute atomic E-state index is 12.5. The molecule has 1 aliphatic rings. The molecule has 28 heavy (non-hydrogen) atoms. The first-order valence-electron chi connectivity index (χ1n) is 9.12. The number of urea groups is 1. The smallest absolute Gasteiger partial charge is 0.327 e. The average molecular weight is 424 g/mol. The number of anilines is 3. The van der Waals surface area contributed by atoms with Crippen LogP contribution >= 0.6 is 11.3 Å². The Hall–Kier alpha value is -2.17. The number of amides is 2. The average Bonchev–Trinajstić information content (AvgIpc) is 3.11. The highest BCUT2D eigenvalue weighted by Gasteiger charge is 2.23. The number of aromatic nitrogens is 1. The zero-order valence-electron chi connectivity index (χ0n) is 16.2. The Labute approximate surface area is 169 Å². The summed E-state index contributed by atoms with van der Waals surface area (Å²) < 4.78 is 26.4. The standard InChI is InChI=1S/C18H25N5O3S2/c1-13-16(28(25,26)19-2)27-18(20-13)22(3)17(24)21-14-7-9-15(10-8-14)23-11-5-4-6-12-23/h7-10,19H,4-6,11-12H2,1-3H3,(H,21,24). The first-order chi connectivity index (χ1) is 13.3. The van der Waals surface area contributed by atoms with Gasteiger partial charge in [-0.15, -0.1) is 0 Å². The molecule has 1 aliphatic heterocycles. The zero-order chi connectivity index (χ0) is 20.3. The van der Waals surface area contributed by atoms with Crippen LogP contribution in [0, 0.1) is 6.92 Å². The Bertz CT molecular complexity index is 935. The van der Waals surface area contributed by atoms with Crippen molar-refractivity contribution in [3.63, 3.8) is 0 Å². The van der Waals surface area contributed by atoms with Crippen LogP contribution in [0.4, 0.5) is 21.3 Å². The van der Waals surface area contributed by atoms with Crippen molar-refractivity contribution in [3.05, 3.63) is 30.0 Å². The van der Waals surface area contributed by atoms with Crippen molar-refractivity contribution < 1.29 is 13.2 Å². The third kappa shape index (κ3) is 4.45. The minimum atomic E-state index is -3.60. The van der Waals surface area contributed by atoms with E-state index in [4.69, 9.17) is 0 Å². The van der Waals surface area contributed by atoms with Crippen molar-refractivity contribution in [3.8, 4) is 0 Å². The van der Waals surface area contributed by atoms with Crippen LogP contribution in [0.3, 0.4) is 0 Å². The van der Waals surface area contributed by atoms with Crippen molar-refractivity contribution in [1.29, 1.82) is 0 Å². The molecule has 2 aromatic rings. The SMILES string of the molecule is CNS(=O)(=O)c1sc(N(C)C(=O)Nc2ccc(N3CCCCC3)cc2)nc1C. The Morgan fingerprint density at radius 3 is 2.43 bits per heavy atom. The molecule has 10 heteroatoms. The summed E-state index contributed by atoms with van der Waals surface area (Å²) in [6, 6.07) is 7.38. The van der Waals surface area contributed by atoms with Gasteiger partial charge in [0.05, 0.1) is 5.69 Å². The number of benzene rings is 1. The summed E-state index contributed by atoms with van der Waals surface area (Å²) in [5, 5.41) is 3.14. The van der Waals surface area contributed by atoms with E-state index in [1.165, 1.54) is 31.2 Å². The molecule has 0 aliphatic carbocycles. The number of piperidine rings is 1. The maximum Gasteiger partial charge on any atom is 0.327 e. The van der Waals surface area contributed by atoms with E-state index in [0.29, 0.717) is 16.5 Å². The molecule has 0 bridgehead atoms. The maximum atomic E-state index is 12.5. The lowest BCUT2D eigenvalue weighted by molar-refractivity contribution is 0.258. The molecule has 2 N–H and O–H groups in total. The van der Waals surface area contributed by atoms with E-state index < -0.39 is 10.0 Å². The Balaban J connectivity index is 1.68. The third-order valence-corrected chi connectivity index (χ3v) is 7.94. The van der Waals surface area contributed by atoms with E-state index in [0.717, 1.165) is 30.1 Å². The van der Waals surface area contributed by atoms with Crippen molar-refractivity contribution in [2.75, 3.05) is 42.3 Å². The summed E-state index contributed by atoms with van der Waals surface area (Å²) in [5.41, 5.74) is 2.19. The van der Waals surface area contributed by atoms with Crippen molar-refractivity contribution in [2.24, 2.45) is 0 Å². The molecule has 8 nitrogen and oxygen atoms in total. The van der Waals surface area contributed by atoms with E-state index in [2.05, 4.69) is 19.9 Å². The molecule has 0 unspecified atom stereocenters. The zero-order valence-corrected chi connectivity index (χ0v) is 17.9. The highest BCUT2D eigenvalue weighted by molar-refractivity contribution is 7.91. The quantitative estimate of drug-likeness (QED) is 0.771. The van der Waals surface area contributed by atoms with Crippen LogP contribution in [-0.2, 0) is 10.0 Å². The van der Waals surface area contributed by atoms with E-state index in [1.807, 2.05) is 24.3 Å². The second-order valence-electron chi connectivity index (χ2n) is 6.66. The fraction of sp³-hybridized carbons (Fsp3) is 0.444. The highest BCUT2D eigenvalue weighted by atomic mass is 32.2. The van der Waals surface area contributed by atoms with E-state index in [-0.39, 0.29) is 10.2 Å². The van der Waals surface area contributed by atoms with Gasteiger partial charge in [-0.1, -0.05) is 11.3 Å². The van der Waals surface area contributed by atoms with Crippen molar-refractivity contribution in [1.82, 2.24) is 9.71 Å². The van der Waals surface area contributed by atoms with Crippen LogP contribution in [0.2, 0.25) is 0 Å². The number of aryl methyl sites for hydroxylation is 1. The van der Waals surface area contributed by atoms with E-state index >= 15 is 0 Å². The van der Waals surface area contributed by atoms with Gasteiger partial charge in [0.2, 0.25) is 0 Å². The molecule has 1 aromatic carbocycles. The number of hydrogen-bond acceptors (Lipinski definition) is 6. The first kappa shape index (κ1) is 20.6. The molecule has 1 fully saturated rings. The lowest BCUT2D eigenvalue weighted by atomic mass is 10.1. The van der Waals surface area contributed by atoms with Gasteiger partial charge in [-0.2, -0.15) is 0 Å². The molecule has 2 amide bonds. The lowest BCUT2D eigenvalue weighted by Gasteiger charge is -2.28. The van der Waals surface area contributed by atoms with E-state index in [9.17, 15) is 13.2 Å². The molecule has 0 radical (unpaired) electrons. The number of carbonyl (C=O) groups excluding carboxylic acids is 1. The monoisotopic (exact) mass is 423 g/mol. The first-order valence-corrected chi connectivity index (χ1v) is 11.4. The lowest BCUT2D eigenvalue weighted by Crippen LogP contribution is -2.31. The predicted octanol–water partition coefficient (Wildman–Crippen LogP) is 3.02. The molecule has 2 heterocycles. The second kappa shape index (κ2) is 8.46. The van der Waals surface area contributed by atoms with Crippen LogP contribution in [0.25, 0.3) is 0 Å². The van der Waals surface area contributed by atoms with Gasteiger partial charge in [-0.05, 0) is 57.5 Å². The normalized spacial score (nSPS) is 14.8. The van der Waals surface area contributed by atoms with Crippen LogP contribution in [-0.4, -0.2) is 46.6 Å². The van der Waals surface area contributed by atoms with E-state index in [1.54, 1.807) is 14.0 Å². The Morgan fingerprint density at radius 2 is 1.82 bits per heavy atom.